The Morgan fingerprint density at radius 2 is 2.14 bits per heavy atom. The number of thiazole rings is 1. The first kappa shape index (κ1) is 19.7. The summed E-state index contributed by atoms with van der Waals surface area (Å²) in [7, 11) is 0. The highest BCUT2D eigenvalue weighted by atomic mass is 79.9. The van der Waals surface area contributed by atoms with E-state index in [0.29, 0.717) is 27.8 Å². The number of halogens is 2. The van der Waals surface area contributed by atoms with E-state index >= 15 is 0 Å². The van der Waals surface area contributed by atoms with Gasteiger partial charge in [-0.25, -0.2) is 9.67 Å². The molecule has 2 heterocycles. The van der Waals surface area contributed by atoms with Crippen LogP contribution in [0.25, 0.3) is 5.69 Å². The number of carbonyl (C=O) groups excluding carboxylic acids is 1. The first-order chi connectivity index (χ1) is 14.0. The van der Waals surface area contributed by atoms with Crippen LogP contribution in [0.15, 0.2) is 53.3 Å². The van der Waals surface area contributed by atoms with Crippen LogP contribution in [-0.4, -0.2) is 31.1 Å². The summed E-state index contributed by atoms with van der Waals surface area (Å²) in [5, 5.41) is 15.2. The van der Waals surface area contributed by atoms with Crippen molar-refractivity contribution in [2.75, 3.05) is 5.32 Å². The zero-order valence-corrected chi connectivity index (χ0v) is 18.3. The lowest BCUT2D eigenvalue weighted by atomic mass is 10.1. The van der Waals surface area contributed by atoms with Gasteiger partial charge < -0.3 is 0 Å². The van der Waals surface area contributed by atoms with E-state index in [-0.39, 0.29) is 5.91 Å². The topological polar surface area (TPSA) is 85.6 Å². The van der Waals surface area contributed by atoms with Gasteiger partial charge in [-0.2, -0.15) is 0 Å². The Morgan fingerprint density at radius 1 is 1.28 bits per heavy atom. The lowest BCUT2D eigenvalue weighted by Crippen LogP contribution is -2.12. The Morgan fingerprint density at radius 3 is 2.90 bits per heavy atom. The van der Waals surface area contributed by atoms with Crippen LogP contribution in [0, 0.1) is 6.92 Å². The molecule has 0 saturated heterocycles. The van der Waals surface area contributed by atoms with Crippen LogP contribution in [0.1, 0.15) is 26.5 Å². The summed E-state index contributed by atoms with van der Waals surface area (Å²) < 4.78 is 2.35. The van der Waals surface area contributed by atoms with Gasteiger partial charge in [0, 0.05) is 21.3 Å². The number of nitrogens with zero attached hydrogens (tertiary/aromatic N) is 5. The van der Waals surface area contributed by atoms with Gasteiger partial charge in [-0.1, -0.05) is 23.7 Å². The van der Waals surface area contributed by atoms with Crippen molar-refractivity contribution in [1.82, 2.24) is 25.2 Å². The zero-order valence-electron chi connectivity index (χ0n) is 15.1. The number of tetrazole rings is 1. The van der Waals surface area contributed by atoms with Crippen LogP contribution >= 0.6 is 38.9 Å². The molecule has 0 atom stereocenters. The normalized spacial score (nSPS) is 10.9. The summed E-state index contributed by atoms with van der Waals surface area (Å²) >= 11 is 11.0. The fraction of sp³-hybridized carbons (Fsp3) is 0.105. The Bertz CT molecular complexity index is 1180. The number of anilines is 1. The molecule has 0 saturated carbocycles. The van der Waals surface area contributed by atoms with E-state index in [1.165, 1.54) is 22.3 Å². The largest absolute Gasteiger partial charge is 0.298 e. The number of nitrogens with one attached hydrogen (secondary N) is 1. The van der Waals surface area contributed by atoms with Crippen molar-refractivity contribution in [3.63, 3.8) is 0 Å². The van der Waals surface area contributed by atoms with Crippen LogP contribution in [-0.2, 0) is 6.42 Å². The minimum atomic E-state index is -0.244. The number of aryl methyl sites for hydroxylation is 1. The number of carbonyl (C=O) groups is 1. The molecule has 1 amide bonds. The molecular weight excluding hydrogens is 476 g/mol. The van der Waals surface area contributed by atoms with Crippen molar-refractivity contribution in [2.45, 2.75) is 13.3 Å². The molecule has 10 heteroatoms. The van der Waals surface area contributed by atoms with Crippen molar-refractivity contribution in [1.29, 1.82) is 0 Å². The first-order valence-electron chi connectivity index (χ1n) is 8.54. The summed E-state index contributed by atoms with van der Waals surface area (Å²) in [5.74, 6) is -0.244. The lowest BCUT2D eigenvalue weighted by molar-refractivity contribution is 0.102. The van der Waals surface area contributed by atoms with Crippen molar-refractivity contribution >= 4 is 49.9 Å². The fourth-order valence-corrected chi connectivity index (χ4v) is 4.16. The smallest absolute Gasteiger partial charge is 0.257 e. The Balaban J connectivity index is 1.50. The summed E-state index contributed by atoms with van der Waals surface area (Å²) in [5.41, 5.74) is 3.15. The van der Waals surface area contributed by atoms with E-state index in [0.717, 1.165) is 20.6 Å². The summed E-state index contributed by atoms with van der Waals surface area (Å²) in [6.07, 6.45) is 2.17. The molecule has 4 aromatic rings. The molecule has 0 aliphatic rings. The Kier molecular flexibility index (Phi) is 5.70. The minimum absolute atomic E-state index is 0.244. The van der Waals surface area contributed by atoms with Gasteiger partial charge in [-0.05, 0) is 69.2 Å². The average Bonchev–Trinajstić information content (AvgIpc) is 3.35. The maximum absolute atomic E-state index is 12.7. The monoisotopic (exact) mass is 488 g/mol. The number of rotatable bonds is 5. The van der Waals surface area contributed by atoms with Gasteiger partial charge in [0.05, 0.1) is 16.4 Å². The predicted molar refractivity (Wildman–Crippen MR) is 116 cm³/mol. The third-order valence-corrected chi connectivity index (χ3v) is 6.49. The van der Waals surface area contributed by atoms with Crippen molar-refractivity contribution in [2.24, 2.45) is 0 Å². The van der Waals surface area contributed by atoms with Gasteiger partial charge >= 0.3 is 0 Å². The molecule has 146 valence electrons. The molecule has 0 spiro atoms. The van der Waals surface area contributed by atoms with Crippen molar-refractivity contribution in [3.8, 4) is 5.69 Å². The summed E-state index contributed by atoms with van der Waals surface area (Å²) in [6, 6.07) is 12.9. The van der Waals surface area contributed by atoms with Crippen LogP contribution in [0.4, 0.5) is 5.13 Å². The molecule has 2 aromatic heterocycles. The van der Waals surface area contributed by atoms with E-state index in [2.05, 4.69) is 41.8 Å². The summed E-state index contributed by atoms with van der Waals surface area (Å²) in [6.45, 7) is 1.93. The third-order valence-electron chi connectivity index (χ3n) is 4.18. The fourth-order valence-electron chi connectivity index (χ4n) is 2.72. The second kappa shape index (κ2) is 8.40. The van der Waals surface area contributed by atoms with E-state index in [1.54, 1.807) is 18.2 Å². The van der Waals surface area contributed by atoms with E-state index < -0.39 is 0 Å². The molecule has 0 fully saturated rings. The number of aromatic nitrogens is 5. The highest BCUT2D eigenvalue weighted by Crippen LogP contribution is 2.29. The number of hydrogen-bond acceptors (Lipinski definition) is 6. The molecule has 29 heavy (non-hydrogen) atoms. The molecule has 0 bridgehead atoms. The quantitative estimate of drug-likeness (QED) is 0.440. The second-order valence-corrected chi connectivity index (χ2v) is 8.56. The highest BCUT2D eigenvalue weighted by molar-refractivity contribution is 9.10. The van der Waals surface area contributed by atoms with Crippen molar-refractivity contribution in [3.05, 3.63) is 80.0 Å². The first-order valence-corrected chi connectivity index (χ1v) is 10.5. The van der Waals surface area contributed by atoms with Gasteiger partial charge in [0.15, 0.2) is 5.13 Å². The maximum atomic E-state index is 12.7. The van der Waals surface area contributed by atoms with Crippen LogP contribution in [0.3, 0.4) is 0 Å². The standard InChI is InChI=1S/C19H14BrClN6OS/c1-11-17(8-12-5-6-15(20)16(21)7-12)29-19(23-11)24-18(28)13-3-2-4-14(9-13)27-10-22-25-26-27/h2-7,9-10H,8H2,1H3,(H,23,24,28). The van der Waals surface area contributed by atoms with Crippen LogP contribution < -0.4 is 5.32 Å². The van der Waals surface area contributed by atoms with E-state index in [9.17, 15) is 4.79 Å². The molecule has 1 N–H and O–H groups in total. The third kappa shape index (κ3) is 4.52. The van der Waals surface area contributed by atoms with E-state index in [4.69, 9.17) is 11.6 Å². The molecule has 2 aromatic carbocycles. The maximum Gasteiger partial charge on any atom is 0.257 e. The molecule has 0 aliphatic carbocycles. The average molecular weight is 490 g/mol. The molecule has 0 radical (unpaired) electrons. The summed E-state index contributed by atoms with van der Waals surface area (Å²) in [4.78, 5) is 18.2. The molecule has 0 unspecified atom stereocenters. The lowest BCUT2D eigenvalue weighted by Gasteiger charge is -2.04. The van der Waals surface area contributed by atoms with Gasteiger partial charge in [-0.15, -0.1) is 16.4 Å². The Hall–Kier alpha value is -2.62. The van der Waals surface area contributed by atoms with Gasteiger partial charge in [-0.3, -0.25) is 10.1 Å². The predicted octanol–water partition coefficient (Wildman–Crippen LogP) is 4.69. The molecule has 0 aliphatic heterocycles. The number of benzene rings is 2. The van der Waals surface area contributed by atoms with Gasteiger partial charge in [0.25, 0.3) is 5.91 Å². The van der Waals surface area contributed by atoms with Gasteiger partial charge in [0.1, 0.15) is 6.33 Å². The SMILES string of the molecule is Cc1nc(NC(=O)c2cccc(-n3cnnn3)c2)sc1Cc1ccc(Br)c(Cl)c1. The van der Waals surface area contributed by atoms with Crippen molar-refractivity contribution < 1.29 is 4.79 Å². The number of amides is 1. The molecule has 7 nitrogen and oxygen atoms in total. The highest BCUT2D eigenvalue weighted by Gasteiger charge is 2.14. The van der Waals surface area contributed by atoms with Crippen LogP contribution in [0.2, 0.25) is 5.02 Å². The minimum Gasteiger partial charge on any atom is -0.298 e. The molecular formula is C19H14BrClN6OS. The van der Waals surface area contributed by atoms with Gasteiger partial charge in [0.2, 0.25) is 0 Å². The molecule has 4 rings (SSSR count). The van der Waals surface area contributed by atoms with Crippen LogP contribution in [0.5, 0.6) is 0 Å². The zero-order chi connectivity index (χ0) is 20.4. The Labute approximate surface area is 183 Å². The number of hydrogen-bond donors (Lipinski definition) is 1. The van der Waals surface area contributed by atoms with E-state index in [1.807, 2.05) is 31.2 Å². The second-order valence-electron chi connectivity index (χ2n) is 6.21.